The molecule has 0 aromatic heterocycles. The van der Waals surface area contributed by atoms with Gasteiger partial charge in [-0.05, 0) is 38.3 Å². The number of rotatable bonds is 10. The average Bonchev–Trinajstić information content (AvgIpc) is 2.47. The highest BCUT2D eigenvalue weighted by Gasteiger charge is 1.98. The lowest BCUT2D eigenvalue weighted by Gasteiger charge is -2.06. The van der Waals surface area contributed by atoms with Crippen molar-refractivity contribution in [1.29, 1.82) is 0 Å². The van der Waals surface area contributed by atoms with Crippen molar-refractivity contribution in [2.45, 2.75) is 32.6 Å². The number of amides is 1. The van der Waals surface area contributed by atoms with Gasteiger partial charge in [-0.25, -0.2) is 0 Å². The van der Waals surface area contributed by atoms with Crippen molar-refractivity contribution in [2.75, 3.05) is 19.8 Å². The number of unbranched alkanes of at least 4 members (excludes halogenated alkanes) is 3. The minimum Gasteiger partial charge on any atom is -0.494 e. The van der Waals surface area contributed by atoms with Crippen LogP contribution in [-0.2, 0) is 9.53 Å². The summed E-state index contributed by atoms with van der Waals surface area (Å²) in [5.41, 5.74) is 1.24. The summed E-state index contributed by atoms with van der Waals surface area (Å²) in [5.74, 6) is 0.848. The van der Waals surface area contributed by atoms with Gasteiger partial charge in [0, 0.05) is 6.61 Å². The molecule has 0 saturated heterocycles. The standard InChI is InChI=1S/C15H22INO3/c1-13-6-8-14(9-7-13)20-11-5-3-2-4-10-19-12-15(18)17-16/h6-9H,2-5,10-12H2,1H3,(H,17,18). The Kier molecular flexibility index (Phi) is 9.40. The first kappa shape index (κ1) is 17.2. The molecule has 0 heterocycles. The minimum absolute atomic E-state index is 0.0860. The van der Waals surface area contributed by atoms with Gasteiger partial charge in [0.25, 0.3) is 5.91 Å². The topological polar surface area (TPSA) is 47.6 Å². The Morgan fingerprint density at radius 3 is 2.40 bits per heavy atom. The van der Waals surface area contributed by atoms with Crippen LogP contribution in [0.15, 0.2) is 24.3 Å². The second-order valence-electron chi connectivity index (χ2n) is 4.65. The highest BCUT2D eigenvalue weighted by atomic mass is 127. The molecule has 1 amide bonds. The number of carbonyl (C=O) groups is 1. The average molecular weight is 391 g/mol. The molecule has 0 aliphatic heterocycles. The van der Waals surface area contributed by atoms with Crippen LogP contribution in [0.4, 0.5) is 0 Å². The lowest BCUT2D eigenvalue weighted by molar-refractivity contribution is -0.123. The first-order valence-corrected chi connectivity index (χ1v) is 7.97. The van der Waals surface area contributed by atoms with Gasteiger partial charge in [-0.15, -0.1) is 0 Å². The van der Waals surface area contributed by atoms with Crippen LogP contribution in [0, 0.1) is 6.92 Å². The van der Waals surface area contributed by atoms with E-state index in [0.717, 1.165) is 38.0 Å². The lowest BCUT2D eigenvalue weighted by Crippen LogP contribution is -2.18. The maximum absolute atomic E-state index is 10.9. The molecule has 0 atom stereocenters. The summed E-state index contributed by atoms with van der Waals surface area (Å²) in [5, 5.41) is 0. The Morgan fingerprint density at radius 1 is 1.10 bits per heavy atom. The molecule has 5 heteroatoms. The molecule has 20 heavy (non-hydrogen) atoms. The molecule has 0 unspecified atom stereocenters. The van der Waals surface area contributed by atoms with Crippen molar-refractivity contribution in [3.63, 3.8) is 0 Å². The molecule has 1 N–H and O–H groups in total. The predicted octanol–water partition coefficient (Wildman–Crippen LogP) is 3.42. The van der Waals surface area contributed by atoms with Crippen LogP contribution < -0.4 is 8.27 Å². The molecule has 0 aliphatic carbocycles. The van der Waals surface area contributed by atoms with E-state index in [4.69, 9.17) is 9.47 Å². The van der Waals surface area contributed by atoms with E-state index in [9.17, 15) is 4.79 Å². The maximum atomic E-state index is 10.9. The Hall–Kier alpha value is -0.820. The van der Waals surface area contributed by atoms with Gasteiger partial charge in [-0.2, -0.15) is 0 Å². The van der Waals surface area contributed by atoms with Crippen LogP contribution in [0.25, 0.3) is 0 Å². The van der Waals surface area contributed by atoms with E-state index >= 15 is 0 Å². The summed E-state index contributed by atoms with van der Waals surface area (Å²) < 4.78 is 13.4. The molecule has 0 bridgehead atoms. The predicted molar refractivity (Wildman–Crippen MR) is 88.1 cm³/mol. The van der Waals surface area contributed by atoms with Crippen molar-refractivity contribution < 1.29 is 14.3 Å². The smallest absolute Gasteiger partial charge is 0.254 e. The van der Waals surface area contributed by atoms with Gasteiger partial charge in [0.05, 0.1) is 29.5 Å². The second kappa shape index (κ2) is 10.9. The Morgan fingerprint density at radius 2 is 1.75 bits per heavy atom. The van der Waals surface area contributed by atoms with Gasteiger partial charge in [-0.3, -0.25) is 8.32 Å². The third-order valence-electron chi connectivity index (χ3n) is 2.81. The molecule has 0 spiro atoms. The van der Waals surface area contributed by atoms with Gasteiger partial charge in [0.2, 0.25) is 0 Å². The molecule has 0 saturated carbocycles. The molecule has 0 aliphatic rings. The molecule has 1 aromatic rings. The number of hydrogen-bond donors (Lipinski definition) is 1. The number of aryl methyl sites for hydroxylation is 1. The zero-order valence-corrected chi connectivity index (χ0v) is 14.0. The SMILES string of the molecule is Cc1ccc(OCCCCCCOCC(=O)NI)cc1. The van der Waals surface area contributed by atoms with E-state index in [1.165, 1.54) is 5.56 Å². The van der Waals surface area contributed by atoms with E-state index < -0.39 is 0 Å². The Labute approximate surface area is 134 Å². The fourth-order valence-electron chi connectivity index (χ4n) is 1.68. The van der Waals surface area contributed by atoms with Gasteiger partial charge < -0.3 is 9.47 Å². The van der Waals surface area contributed by atoms with Gasteiger partial charge >= 0.3 is 0 Å². The first-order chi connectivity index (χ1) is 9.72. The van der Waals surface area contributed by atoms with Crippen molar-refractivity contribution in [2.24, 2.45) is 0 Å². The summed E-state index contributed by atoms with van der Waals surface area (Å²) >= 11 is 1.81. The fraction of sp³-hybridized carbons (Fsp3) is 0.533. The van der Waals surface area contributed by atoms with Gasteiger partial charge in [-0.1, -0.05) is 24.1 Å². The van der Waals surface area contributed by atoms with Crippen LogP contribution in [-0.4, -0.2) is 25.7 Å². The van der Waals surface area contributed by atoms with Gasteiger partial charge in [0.1, 0.15) is 12.4 Å². The van der Waals surface area contributed by atoms with Gasteiger partial charge in [0.15, 0.2) is 0 Å². The van der Waals surface area contributed by atoms with Crippen molar-refractivity contribution in [1.82, 2.24) is 3.53 Å². The number of benzene rings is 1. The Bertz CT molecular complexity index is 381. The molecule has 0 radical (unpaired) electrons. The number of hydrogen-bond acceptors (Lipinski definition) is 3. The molecule has 0 fully saturated rings. The van der Waals surface area contributed by atoms with Crippen LogP contribution >= 0.6 is 22.9 Å². The summed E-state index contributed by atoms with van der Waals surface area (Å²) in [6.45, 7) is 3.61. The summed E-state index contributed by atoms with van der Waals surface area (Å²) in [6.07, 6.45) is 4.25. The largest absolute Gasteiger partial charge is 0.494 e. The van der Waals surface area contributed by atoms with Crippen LogP contribution in [0.2, 0.25) is 0 Å². The Balaban J connectivity index is 1.90. The molecule has 112 valence electrons. The van der Waals surface area contributed by atoms with Crippen molar-refractivity contribution >= 4 is 28.8 Å². The monoisotopic (exact) mass is 391 g/mol. The third-order valence-corrected chi connectivity index (χ3v) is 3.41. The van der Waals surface area contributed by atoms with Crippen LogP contribution in [0.3, 0.4) is 0 Å². The molecule has 1 rings (SSSR count). The number of ether oxygens (including phenoxy) is 2. The number of nitrogens with one attached hydrogen (secondary N) is 1. The summed E-state index contributed by atoms with van der Waals surface area (Å²) in [6, 6.07) is 8.11. The van der Waals surface area contributed by atoms with E-state index in [-0.39, 0.29) is 12.5 Å². The quantitative estimate of drug-likeness (QED) is 0.378. The normalized spacial score (nSPS) is 10.3. The van der Waals surface area contributed by atoms with Crippen molar-refractivity contribution in [3.8, 4) is 5.75 Å². The van der Waals surface area contributed by atoms with E-state index in [1.54, 1.807) is 0 Å². The summed E-state index contributed by atoms with van der Waals surface area (Å²) in [4.78, 5) is 10.9. The fourth-order valence-corrected chi connectivity index (χ4v) is 1.83. The summed E-state index contributed by atoms with van der Waals surface area (Å²) in [7, 11) is 0. The molecule has 4 nitrogen and oxygen atoms in total. The maximum Gasteiger partial charge on any atom is 0.254 e. The second-order valence-corrected chi connectivity index (χ2v) is 5.19. The highest BCUT2D eigenvalue weighted by Crippen LogP contribution is 2.12. The molecule has 1 aromatic carbocycles. The highest BCUT2D eigenvalue weighted by molar-refractivity contribution is 14.1. The van der Waals surface area contributed by atoms with Crippen LogP contribution in [0.1, 0.15) is 31.2 Å². The minimum atomic E-state index is -0.0860. The van der Waals surface area contributed by atoms with E-state index in [0.29, 0.717) is 6.61 Å². The first-order valence-electron chi connectivity index (χ1n) is 6.89. The zero-order chi connectivity index (χ0) is 14.6. The zero-order valence-electron chi connectivity index (χ0n) is 11.9. The molecular weight excluding hydrogens is 369 g/mol. The lowest BCUT2D eigenvalue weighted by atomic mass is 10.2. The number of carbonyl (C=O) groups excluding carboxylic acids is 1. The molecular formula is C15H22INO3. The number of halogens is 1. The van der Waals surface area contributed by atoms with E-state index in [1.807, 2.05) is 35.0 Å². The van der Waals surface area contributed by atoms with Crippen molar-refractivity contribution in [3.05, 3.63) is 29.8 Å². The van der Waals surface area contributed by atoms with Crippen LogP contribution in [0.5, 0.6) is 5.75 Å². The third kappa shape index (κ3) is 8.37. The van der Waals surface area contributed by atoms with E-state index in [2.05, 4.69) is 22.6 Å².